The molecule has 0 aliphatic heterocycles. The summed E-state index contributed by atoms with van der Waals surface area (Å²) in [4.78, 5) is 1.99. The van der Waals surface area contributed by atoms with Gasteiger partial charge in [0.25, 0.3) is 0 Å². The van der Waals surface area contributed by atoms with E-state index < -0.39 is 6.10 Å². The van der Waals surface area contributed by atoms with Gasteiger partial charge in [-0.05, 0) is 45.6 Å². The van der Waals surface area contributed by atoms with Crippen LogP contribution in [-0.4, -0.2) is 43.9 Å². The van der Waals surface area contributed by atoms with Crippen molar-refractivity contribution in [3.05, 3.63) is 23.8 Å². The van der Waals surface area contributed by atoms with Crippen molar-refractivity contribution in [2.24, 2.45) is 0 Å². The summed E-state index contributed by atoms with van der Waals surface area (Å²) in [6, 6.07) is 5.48. The predicted octanol–water partition coefficient (Wildman–Crippen LogP) is 2.08. The van der Waals surface area contributed by atoms with E-state index in [1.165, 1.54) is 0 Å². The quantitative estimate of drug-likeness (QED) is 0.872. The van der Waals surface area contributed by atoms with Crippen molar-refractivity contribution >= 4 is 0 Å². The van der Waals surface area contributed by atoms with Gasteiger partial charge >= 0.3 is 0 Å². The van der Waals surface area contributed by atoms with E-state index in [0.717, 1.165) is 5.56 Å². The zero-order valence-corrected chi connectivity index (χ0v) is 12.0. The van der Waals surface area contributed by atoms with Gasteiger partial charge in [0.2, 0.25) is 0 Å². The van der Waals surface area contributed by atoms with E-state index in [4.69, 9.17) is 9.47 Å². The second kappa shape index (κ2) is 5.59. The van der Waals surface area contributed by atoms with Gasteiger partial charge in [0, 0.05) is 5.54 Å². The van der Waals surface area contributed by atoms with Crippen LogP contribution < -0.4 is 9.47 Å². The lowest BCUT2D eigenvalue weighted by molar-refractivity contribution is 0.0162. The van der Waals surface area contributed by atoms with Crippen LogP contribution in [0.25, 0.3) is 0 Å². The lowest BCUT2D eigenvalue weighted by Crippen LogP contribution is -2.43. The number of nitrogens with zero attached hydrogens (tertiary/aromatic N) is 1. The van der Waals surface area contributed by atoms with E-state index >= 15 is 0 Å². The molecule has 0 amide bonds. The predicted molar refractivity (Wildman–Crippen MR) is 72.3 cm³/mol. The van der Waals surface area contributed by atoms with Crippen molar-refractivity contribution in [1.29, 1.82) is 0 Å². The molecule has 4 nitrogen and oxygen atoms in total. The van der Waals surface area contributed by atoms with Crippen LogP contribution in [0, 0.1) is 0 Å². The lowest BCUT2D eigenvalue weighted by atomic mass is 9.90. The number of aliphatic hydroxyl groups excluding tert-OH is 1. The van der Waals surface area contributed by atoms with Crippen molar-refractivity contribution in [3.63, 3.8) is 0 Å². The molecule has 0 spiro atoms. The number of ether oxygens (including phenoxy) is 2. The zero-order chi connectivity index (χ0) is 13.9. The maximum Gasteiger partial charge on any atom is 0.161 e. The minimum Gasteiger partial charge on any atom is -0.493 e. The number of likely N-dealkylation sites (N-methyl/N-ethyl adjacent to an activating group) is 1. The van der Waals surface area contributed by atoms with Crippen LogP contribution in [0.3, 0.4) is 0 Å². The molecule has 1 unspecified atom stereocenters. The van der Waals surface area contributed by atoms with Crippen molar-refractivity contribution in [2.75, 3.05) is 28.3 Å². The van der Waals surface area contributed by atoms with E-state index in [0.29, 0.717) is 11.5 Å². The largest absolute Gasteiger partial charge is 0.493 e. The third-order valence-corrected chi connectivity index (χ3v) is 3.55. The maximum absolute atomic E-state index is 10.5. The smallest absolute Gasteiger partial charge is 0.161 e. The summed E-state index contributed by atoms with van der Waals surface area (Å²) in [5.74, 6) is 1.29. The monoisotopic (exact) mass is 253 g/mol. The normalized spacial score (nSPS) is 13.6. The van der Waals surface area contributed by atoms with E-state index in [2.05, 4.69) is 0 Å². The Balaban J connectivity index is 3.11. The Bertz CT molecular complexity index is 402. The topological polar surface area (TPSA) is 41.9 Å². The van der Waals surface area contributed by atoms with Gasteiger partial charge in [-0.2, -0.15) is 0 Å². The second-order valence-electron chi connectivity index (χ2n) is 5.07. The van der Waals surface area contributed by atoms with Crippen LogP contribution in [-0.2, 0) is 0 Å². The standard InChI is InChI=1S/C14H23NO3/c1-14(2,15(3)4)13(16)10-7-8-11(17-5)12(9-10)18-6/h7-9,13,16H,1-6H3. The molecule has 0 fully saturated rings. The molecule has 0 aliphatic rings. The lowest BCUT2D eigenvalue weighted by Gasteiger charge is -2.37. The van der Waals surface area contributed by atoms with Gasteiger partial charge in [0.05, 0.1) is 20.3 Å². The molecular formula is C14H23NO3. The molecule has 18 heavy (non-hydrogen) atoms. The molecular weight excluding hydrogens is 230 g/mol. The molecule has 0 saturated heterocycles. The summed E-state index contributed by atoms with van der Waals surface area (Å²) < 4.78 is 10.4. The van der Waals surface area contributed by atoms with Crippen molar-refractivity contribution in [3.8, 4) is 11.5 Å². The molecule has 1 aromatic carbocycles. The fourth-order valence-electron chi connectivity index (χ4n) is 1.68. The summed E-state index contributed by atoms with van der Waals surface area (Å²) in [6.45, 7) is 3.99. The number of rotatable bonds is 5. The molecule has 1 atom stereocenters. The molecule has 0 heterocycles. The number of methoxy groups -OCH3 is 2. The Morgan fingerprint density at radius 1 is 1.11 bits per heavy atom. The van der Waals surface area contributed by atoms with Gasteiger partial charge in [0.15, 0.2) is 11.5 Å². The second-order valence-corrected chi connectivity index (χ2v) is 5.07. The molecule has 0 aromatic heterocycles. The summed E-state index contributed by atoms with van der Waals surface area (Å²) in [7, 11) is 7.08. The highest BCUT2D eigenvalue weighted by molar-refractivity contribution is 5.44. The zero-order valence-electron chi connectivity index (χ0n) is 12.0. The fraction of sp³-hybridized carbons (Fsp3) is 0.571. The first-order chi connectivity index (χ1) is 8.34. The fourth-order valence-corrected chi connectivity index (χ4v) is 1.68. The number of aliphatic hydroxyl groups is 1. The van der Waals surface area contributed by atoms with Crippen LogP contribution in [0.4, 0.5) is 0 Å². The molecule has 0 aliphatic carbocycles. The number of hydrogen-bond acceptors (Lipinski definition) is 4. The Labute approximate surface area is 109 Å². The Hall–Kier alpha value is -1.26. The maximum atomic E-state index is 10.5. The Morgan fingerprint density at radius 3 is 2.11 bits per heavy atom. The molecule has 0 radical (unpaired) electrons. The first-order valence-corrected chi connectivity index (χ1v) is 5.92. The van der Waals surface area contributed by atoms with E-state index in [9.17, 15) is 5.11 Å². The molecule has 1 rings (SSSR count). The molecule has 102 valence electrons. The molecule has 1 N–H and O–H groups in total. The van der Waals surface area contributed by atoms with Gasteiger partial charge in [-0.1, -0.05) is 6.07 Å². The van der Waals surface area contributed by atoms with E-state index in [1.54, 1.807) is 14.2 Å². The minimum absolute atomic E-state index is 0.362. The Kier molecular flexibility index (Phi) is 4.59. The molecule has 4 heteroatoms. The van der Waals surface area contributed by atoms with Gasteiger partial charge in [0.1, 0.15) is 0 Å². The van der Waals surface area contributed by atoms with Crippen molar-refractivity contribution < 1.29 is 14.6 Å². The van der Waals surface area contributed by atoms with Gasteiger partial charge in [-0.3, -0.25) is 0 Å². The summed E-state index contributed by atoms with van der Waals surface area (Å²) in [6.07, 6.45) is -0.604. The molecule has 0 bridgehead atoms. The van der Waals surface area contributed by atoms with E-state index in [1.807, 2.05) is 51.0 Å². The average Bonchev–Trinajstić information content (AvgIpc) is 2.36. The average molecular weight is 253 g/mol. The summed E-state index contributed by atoms with van der Waals surface area (Å²) in [5, 5.41) is 10.5. The van der Waals surface area contributed by atoms with Gasteiger partial charge in [-0.25, -0.2) is 0 Å². The van der Waals surface area contributed by atoms with Crippen LogP contribution in [0.5, 0.6) is 11.5 Å². The van der Waals surface area contributed by atoms with Crippen LogP contribution in [0.15, 0.2) is 18.2 Å². The van der Waals surface area contributed by atoms with Crippen molar-refractivity contribution in [2.45, 2.75) is 25.5 Å². The third-order valence-electron chi connectivity index (χ3n) is 3.55. The first kappa shape index (κ1) is 14.8. The van der Waals surface area contributed by atoms with Crippen LogP contribution >= 0.6 is 0 Å². The summed E-state index contributed by atoms with van der Waals surface area (Å²) >= 11 is 0. The number of hydrogen-bond donors (Lipinski definition) is 1. The summed E-state index contributed by atoms with van der Waals surface area (Å²) in [5.41, 5.74) is 0.450. The number of benzene rings is 1. The highest BCUT2D eigenvalue weighted by atomic mass is 16.5. The third kappa shape index (κ3) is 2.76. The van der Waals surface area contributed by atoms with Crippen molar-refractivity contribution in [1.82, 2.24) is 4.90 Å². The van der Waals surface area contributed by atoms with Crippen LogP contribution in [0.2, 0.25) is 0 Å². The first-order valence-electron chi connectivity index (χ1n) is 5.92. The SMILES string of the molecule is COc1ccc(C(O)C(C)(C)N(C)C)cc1OC. The minimum atomic E-state index is -0.604. The van der Waals surface area contributed by atoms with Crippen LogP contribution in [0.1, 0.15) is 25.5 Å². The highest BCUT2D eigenvalue weighted by Gasteiger charge is 2.31. The van der Waals surface area contributed by atoms with Gasteiger partial charge < -0.3 is 19.5 Å². The molecule has 1 aromatic rings. The molecule has 0 saturated carbocycles. The van der Waals surface area contributed by atoms with E-state index in [-0.39, 0.29) is 5.54 Å². The Morgan fingerprint density at radius 2 is 1.67 bits per heavy atom. The highest BCUT2D eigenvalue weighted by Crippen LogP contribution is 2.35. The van der Waals surface area contributed by atoms with Gasteiger partial charge in [-0.15, -0.1) is 0 Å².